The zero-order valence-electron chi connectivity index (χ0n) is 41.6. The molecule has 0 aromatic carbocycles. The molecule has 0 amide bonds. The monoisotopic (exact) mass is 867 g/mol. The topological polar surface area (TPSA) is 94.6 Å². The van der Waals surface area contributed by atoms with Crippen LogP contribution in [0.15, 0.2) is 0 Å². The highest BCUT2D eigenvalue weighted by Crippen LogP contribution is 2.23. The number of nitrogens with zero attached hydrogens (tertiary/aromatic N) is 2. The van der Waals surface area contributed by atoms with Gasteiger partial charge in [0.05, 0.1) is 25.0 Å². The molecule has 0 spiro atoms. The number of hydrogen-bond acceptors (Lipinski definition) is 9. The average molecular weight is 867 g/mol. The number of hydrogen-bond donors (Lipinski definition) is 0. The van der Waals surface area contributed by atoms with Crippen LogP contribution in [-0.4, -0.2) is 93.1 Å². The zero-order chi connectivity index (χ0) is 45.0. The number of esters is 2. The van der Waals surface area contributed by atoms with E-state index in [-0.39, 0.29) is 29.9 Å². The molecular formula is C52H102N2O7. The summed E-state index contributed by atoms with van der Waals surface area (Å²) in [6, 6.07) is 0. The number of ether oxygens (including phenoxy) is 4. The highest BCUT2D eigenvalue weighted by atomic mass is 16.7. The largest absolute Gasteiger partial charge is 0.508 e. The van der Waals surface area contributed by atoms with E-state index in [2.05, 4.69) is 58.3 Å². The van der Waals surface area contributed by atoms with E-state index in [4.69, 9.17) is 18.9 Å². The lowest BCUT2D eigenvalue weighted by Crippen LogP contribution is -2.37. The summed E-state index contributed by atoms with van der Waals surface area (Å²) in [5.41, 5.74) is 0. The van der Waals surface area contributed by atoms with Crippen LogP contribution in [0.5, 0.6) is 0 Å². The van der Waals surface area contributed by atoms with Gasteiger partial charge < -0.3 is 23.8 Å². The van der Waals surface area contributed by atoms with Crippen LogP contribution in [0.25, 0.3) is 0 Å². The lowest BCUT2D eigenvalue weighted by atomic mass is 9.94. The number of unbranched alkanes of at least 4 members (excludes halogenated alkanes) is 18. The molecule has 0 radical (unpaired) electrons. The molecule has 0 aromatic heterocycles. The van der Waals surface area contributed by atoms with E-state index in [0.29, 0.717) is 26.4 Å². The molecule has 0 bridgehead atoms. The molecule has 0 heterocycles. The van der Waals surface area contributed by atoms with Crippen LogP contribution in [-0.2, 0) is 28.5 Å². The van der Waals surface area contributed by atoms with Crippen molar-refractivity contribution in [2.24, 2.45) is 11.8 Å². The first-order valence-corrected chi connectivity index (χ1v) is 26.4. The predicted octanol–water partition coefficient (Wildman–Crippen LogP) is 14.3. The van der Waals surface area contributed by atoms with Crippen molar-refractivity contribution in [3.63, 3.8) is 0 Å². The molecule has 9 heteroatoms. The Morgan fingerprint density at radius 2 is 0.705 bits per heavy atom. The molecular weight excluding hydrogens is 765 g/mol. The maximum absolute atomic E-state index is 13.0. The third kappa shape index (κ3) is 36.2. The third-order valence-electron chi connectivity index (χ3n) is 12.6. The number of carbonyl (C=O) groups is 3. The normalized spacial score (nSPS) is 11.7. The Balaban J connectivity index is 4.92. The summed E-state index contributed by atoms with van der Waals surface area (Å²) in [4.78, 5) is 43.6. The van der Waals surface area contributed by atoms with Crippen molar-refractivity contribution in [3.05, 3.63) is 0 Å². The van der Waals surface area contributed by atoms with Crippen LogP contribution in [0.3, 0.4) is 0 Å². The van der Waals surface area contributed by atoms with Gasteiger partial charge in [-0.25, -0.2) is 4.79 Å². The molecule has 61 heavy (non-hydrogen) atoms. The second-order valence-corrected chi connectivity index (χ2v) is 17.8. The van der Waals surface area contributed by atoms with Crippen molar-refractivity contribution < 1.29 is 33.3 Å². The summed E-state index contributed by atoms with van der Waals surface area (Å²) in [5.74, 6) is 0.0933. The van der Waals surface area contributed by atoms with Crippen LogP contribution in [0, 0.1) is 11.8 Å². The summed E-state index contributed by atoms with van der Waals surface area (Å²) >= 11 is 0. The van der Waals surface area contributed by atoms with E-state index in [0.717, 1.165) is 148 Å². The standard InChI is InChI=1S/C52H102N2O7/c1-8-15-19-27-35-47(36-28-20-16-9-2)50(55)58-44-33-25-23-31-39-49(61-52(57)60-46-43-54(14-7)42-41-53(12-5)13-6)40-32-24-26-34-45-59-51(56)48(37-29-21-17-10-3)38-30-22-18-11-4/h47-49H,8-46H2,1-7H3. The Labute approximate surface area is 378 Å². The molecule has 0 N–H and O–H groups in total. The molecule has 0 aliphatic rings. The molecule has 9 nitrogen and oxygen atoms in total. The molecule has 0 fully saturated rings. The summed E-state index contributed by atoms with van der Waals surface area (Å²) < 4.78 is 23.1. The van der Waals surface area contributed by atoms with Gasteiger partial charge in [-0.3, -0.25) is 14.5 Å². The van der Waals surface area contributed by atoms with Gasteiger partial charge in [0.15, 0.2) is 0 Å². The van der Waals surface area contributed by atoms with Crippen molar-refractivity contribution >= 4 is 18.1 Å². The smallest absolute Gasteiger partial charge is 0.465 e. The summed E-state index contributed by atoms with van der Waals surface area (Å²) in [6.45, 7) is 22.4. The van der Waals surface area contributed by atoms with Gasteiger partial charge in [-0.1, -0.05) is 177 Å². The Morgan fingerprint density at radius 1 is 0.361 bits per heavy atom. The third-order valence-corrected chi connectivity index (χ3v) is 12.6. The molecule has 0 saturated carbocycles. The molecule has 0 rings (SSSR count). The van der Waals surface area contributed by atoms with Gasteiger partial charge in [0.25, 0.3) is 0 Å². The van der Waals surface area contributed by atoms with E-state index in [1.165, 1.54) is 77.0 Å². The van der Waals surface area contributed by atoms with E-state index in [9.17, 15) is 14.4 Å². The Kier molecular flexibility index (Phi) is 43.4. The van der Waals surface area contributed by atoms with E-state index in [1.807, 2.05) is 0 Å². The average Bonchev–Trinajstić information content (AvgIpc) is 3.26. The summed E-state index contributed by atoms with van der Waals surface area (Å²) in [5, 5.41) is 0. The number of carbonyl (C=O) groups excluding carboxylic acids is 3. The van der Waals surface area contributed by atoms with E-state index < -0.39 is 6.16 Å². The van der Waals surface area contributed by atoms with Gasteiger partial charge in [0, 0.05) is 19.6 Å². The van der Waals surface area contributed by atoms with Gasteiger partial charge in [-0.15, -0.1) is 0 Å². The number of likely N-dealkylation sites (N-methyl/N-ethyl adjacent to an activating group) is 2. The second-order valence-electron chi connectivity index (χ2n) is 17.8. The minimum atomic E-state index is -0.568. The molecule has 0 unspecified atom stereocenters. The molecule has 0 saturated heterocycles. The Bertz CT molecular complexity index is 899. The molecule has 0 aliphatic heterocycles. The van der Waals surface area contributed by atoms with Gasteiger partial charge in [-0.2, -0.15) is 0 Å². The van der Waals surface area contributed by atoms with E-state index in [1.54, 1.807) is 0 Å². The first kappa shape index (κ1) is 59.1. The molecule has 0 atom stereocenters. The SMILES string of the molecule is CCCCCCC(CCCCCC)C(=O)OCCCCCCC(CCCCCCOC(=O)C(CCCCCC)CCCCCC)OC(=O)OCCN(CC)CCN(CC)CC. The predicted molar refractivity (Wildman–Crippen MR) is 256 cm³/mol. The number of rotatable bonds is 46. The van der Waals surface area contributed by atoms with Crippen LogP contribution in [0.1, 0.15) is 241 Å². The van der Waals surface area contributed by atoms with Crippen molar-refractivity contribution in [2.45, 2.75) is 247 Å². The second kappa shape index (κ2) is 44.7. The first-order valence-electron chi connectivity index (χ1n) is 26.4. The molecule has 0 aromatic rings. The van der Waals surface area contributed by atoms with Gasteiger partial charge in [0.1, 0.15) is 12.7 Å². The van der Waals surface area contributed by atoms with E-state index >= 15 is 0 Å². The van der Waals surface area contributed by atoms with Gasteiger partial charge in [0.2, 0.25) is 0 Å². The fourth-order valence-electron chi connectivity index (χ4n) is 8.21. The summed E-state index contributed by atoms with van der Waals surface area (Å²) in [7, 11) is 0. The fourth-order valence-corrected chi connectivity index (χ4v) is 8.21. The Morgan fingerprint density at radius 3 is 1.08 bits per heavy atom. The zero-order valence-corrected chi connectivity index (χ0v) is 41.6. The van der Waals surface area contributed by atoms with Crippen molar-refractivity contribution in [2.75, 3.05) is 59.1 Å². The molecule has 0 aliphatic carbocycles. The summed E-state index contributed by atoms with van der Waals surface area (Å²) in [6.07, 6.45) is 31.3. The maximum atomic E-state index is 13.0. The Hall–Kier alpha value is -1.87. The fraction of sp³-hybridized carbons (Fsp3) is 0.942. The first-order chi connectivity index (χ1) is 29.8. The van der Waals surface area contributed by atoms with Crippen molar-refractivity contribution in [1.82, 2.24) is 9.80 Å². The van der Waals surface area contributed by atoms with Crippen molar-refractivity contribution in [3.8, 4) is 0 Å². The van der Waals surface area contributed by atoms with Gasteiger partial charge >= 0.3 is 18.1 Å². The highest BCUT2D eigenvalue weighted by Gasteiger charge is 2.21. The minimum absolute atomic E-state index is 0.00360. The van der Waals surface area contributed by atoms with Crippen LogP contribution >= 0.6 is 0 Å². The van der Waals surface area contributed by atoms with Crippen LogP contribution in [0.2, 0.25) is 0 Å². The van der Waals surface area contributed by atoms with Crippen LogP contribution < -0.4 is 0 Å². The van der Waals surface area contributed by atoms with Crippen molar-refractivity contribution in [1.29, 1.82) is 0 Å². The molecule has 362 valence electrons. The van der Waals surface area contributed by atoms with Crippen LogP contribution in [0.4, 0.5) is 4.79 Å². The van der Waals surface area contributed by atoms with Gasteiger partial charge in [-0.05, 0) is 83.8 Å². The lowest BCUT2D eigenvalue weighted by molar-refractivity contribution is -0.150. The lowest BCUT2D eigenvalue weighted by Gasteiger charge is -2.25. The highest BCUT2D eigenvalue weighted by molar-refractivity contribution is 5.72. The minimum Gasteiger partial charge on any atom is -0.465 e. The quantitative estimate of drug-likeness (QED) is 0.0337. The maximum Gasteiger partial charge on any atom is 0.508 e.